The molecule has 0 saturated heterocycles. The highest BCUT2D eigenvalue weighted by atomic mass is 19.1. The number of aromatic nitrogens is 1. The van der Waals surface area contributed by atoms with Crippen LogP contribution in [0.25, 0.3) is 11.6 Å². The average molecular weight is 685 g/mol. The topological polar surface area (TPSA) is 178 Å². The maximum Gasteiger partial charge on any atom is 0.419 e. The Morgan fingerprint density at radius 2 is 1.76 bits per heavy atom. The molecule has 2 heterocycles. The number of hydrogen-bond donors (Lipinski definition) is 4. The number of anilines is 1. The van der Waals surface area contributed by atoms with Gasteiger partial charge in [0.2, 0.25) is 0 Å². The number of amides is 5. The Bertz CT molecular complexity index is 1620. The summed E-state index contributed by atoms with van der Waals surface area (Å²) in [5.41, 5.74) is 4.06. The molecule has 13 nitrogen and oxygen atoms in total. The van der Waals surface area contributed by atoms with Crippen LogP contribution >= 0.6 is 0 Å². The van der Waals surface area contributed by atoms with Gasteiger partial charge in [0.05, 0.1) is 16.8 Å². The Morgan fingerprint density at radius 3 is 2.33 bits per heavy atom. The highest BCUT2D eigenvalue weighted by Crippen LogP contribution is 2.41. The van der Waals surface area contributed by atoms with E-state index < -0.39 is 41.0 Å². The van der Waals surface area contributed by atoms with Crippen molar-refractivity contribution in [3.63, 3.8) is 0 Å². The highest BCUT2D eigenvalue weighted by molar-refractivity contribution is 6.42. The van der Waals surface area contributed by atoms with E-state index in [0.717, 1.165) is 25.2 Å². The molecule has 1 aromatic heterocycles. The van der Waals surface area contributed by atoms with Crippen LogP contribution in [0.1, 0.15) is 93.7 Å². The van der Waals surface area contributed by atoms with Gasteiger partial charge in [-0.1, -0.05) is 13.8 Å². The van der Waals surface area contributed by atoms with Crippen LogP contribution in [0.2, 0.25) is 0 Å². The molecule has 0 saturated carbocycles. The van der Waals surface area contributed by atoms with Gasteiger partial charge in [-0.3, -0.25) is 9.59 Å². The molecule has 2 aromatic rings. The molecule has 1 aliphatic rings. The fraction of sp³-hybridized carbons (Fsp3) is 0.514. The number of H-pyrrole nitrogens is 1. The van der Waals surface area contributed by atoms with Crippen molar-refractivity contribution in [3.8, 4) is 0 Å². The predicted molar refractivity (Wildman–Crippen MR) is 185 cm³/mol. The number of nitrogens with one attached hydrogen (secondary N) is 2. The first-order chi connectivity index (χ1) is 22.9. The van der Waals surface area contributed by atoms with Crippen molar-refractivity contribution in [2.45, 2.75) is 85.8 Å². The Kier molecular flexibility index (Phi) is 12.5. The minimum Gasteiger partial charge on any atom is -0.479 e. The lowest BCUT2D eigenvalue weighted by atomic mass is 9.93. The first-order valence-corrected chi connectivity index (χ1v) is 16.5. The molecular weight excluding hydrogens is 635 g/mol. The van der Waals surface area contributed by atoms with Gasteiger partial charge in [-0.15, -0.1) is 0 Å². The molecule has 0 aliphatic carbocycles. The van der Waals surface area contributed by atoms with Crippen LogP contribution in [0.3, 0.4) is 0 Å². The van der Waals surface area contributed by atoms with Gasteiger partial charge in [0, 0.05) is 30.0 Å². The zero-order valence-electron chi connectivity index (χ0n) is 29.7. The fourth-order valence-corrected chi connectivity index (χ4v) is 5.78. The molecular formula is C35H49FN6O7. The minimum atomic E-state index is -2.14. The van der Waals surface area contributed by atoms with Crippen LogP contribution in [0.15, 0.2) is 18.2 Å². The largest absolute Gasteiger partial charge is 0.479 e. The average Bonchev–Trinajstić information content (AvgIpc) is 3.44. The number of fused-ring (bicyclic) bond motifs is 1. The van der Waals surface area contributed by atoms with Crippen LogP contribution < -0.4 is 16.0 Å². The number of halogens is 1. The second kappa shape index (κ2) is 15.8. The summed E-state index contributed by atoms with van der Waals surface area (Å²) in [6.45, 7) is 16.4. The summed E-state index contributed by atoms with van der Waals surface area (Å²) in [6, 6.07) is 2.06. The van der Waals surface area contributed by atoms with Gasteiger partial charge in [0.15, 0.2) is 0 Å². The molecule has 14 heteroatoms. The van der Waals surface area contributed by atoms with Gasteiger partial charge in [0.25, 0.3) is 11.8 Å². The summed E-state index contributed by atoms with van der Waals surface area (Å²) >= 11 is 0. The molecule has 1 aromatic carbocycles. The van der Waals surface area contributed by atoms with Gasteiger partial charge in [-0.25, -0.2) is 28.6 Å². The van der Waals surface area contributed by atoms with Crippen molar-refractivity contribution in [3.05, 3.63) is 52.1 Å². The number of carbonyl (C=O) groups excluding carboxylic acids is 4. The number of carboxylic acid groups (broad SMARTS) is 1. The third kappa shape index (κ3) is 8.54. The van der Waals surface area contributed by atoms with Crippen LogP contribution in [-0.2, 0) is 14.3 Å². The van der Waals surface area contributed by atoms with E-state index in [4.69, 9.17) is 10.5 Å². The van der Waals surface area contributed by atoms with Crippen molar-refractivity contribution >= 4 is 47.2 Å². The summed E-state index contributed by atoms with van der Waals surface area (Å²) < 4.78 is 20.1. The molecule has 268 valence electrons. The second-order valence-electron chi connectivity index (χ2n) is 13.2. The summed E-state index contributed by atoms with van der Waals surface area (Å²) in [5.74, 6) is -3.42. The molecule has 5 amide bonds. The first kappa shape index (κ1) is 38.9. The molecule has 5 N–H and O–H groups in total. The van der Waals surface area contributed by atoms with E-state index in [1.165, 1.54) is 19.1 Å². The smallest absolute Gasteiger partial charge is 0.419 e. The van der Waals surface area contributed by atoms with Gasteiger partial charge >= 0.3 is 18.1 Å². The molecule has 0 fully saturated rings. The number of likely N-dealkylation sites (N-methyl/N-ethyl adjacent to an activating group) is 1. The minimum absolute atomic E-state index is 0.0412. The lowest BCUT2D eigenvalue weighted by Gasteiger charge is -2.38. The Hall–Kier alpha value is -4.56. The van der Waals surface area contributed by atoms with E-state index >= 15 is 0 Å². The number of hydrogen-bond acceptors (Lipinski definition) is 8. The second-order valence-corrected chi connectivity index (χ2v) is 13.2. The standard InChI is InChI=1S/C35H49FN6O7/c1-9-40(10-2)18-17-38-29(43)28-21(3)26(39-22(28)4)20-25-24-19-23(36)13-14-27(24)41(30(25)44)32(47)42(33(48)49-34(5,6)7)35(8,31(45)46)15-11-12-16-37/h13-14,19-20,39H,9-12,15-18,37H2,1-8H3,(H,38,43)(H,45,46)/t35-/m0/s1. The van der Waals surface area contributed by atoms with Gasteiger partial charge in [-0.05, 0) is 110 Å². The van der Waals surface area contributed by atoms with Crippen molar-refractivity contribution in [1.29, 1.82) is 0 Å². The van der Waals surface area contributed by atoms with E-state index in [1.807, 2.05) is 13.8 Å². The number of imide groups is 2. The maximum absolute atomic E-state index is 14.7. The molecule has 3 rings (SSSR count). The summed E-state index contributed by atoms with van der Waals surface area (Å²) in [6.07, 6.45) is 0.645. The lowest BCUT2D eigenvalue weighted by Crippen LogP contribution is -2.62. The number of aryl methyl sites for hydroxylation is 1. The van der Waals surface area contributed by atoms with Crippen LogP contribution in [0.4, 0.5) is 19.7 Å². The first-order valence-electron chi connectivity index (χ1n) is 16.5. The van der Waals surface area contributed by atoms with E-state index in [2.05, 4.69) is 15.2 Å². The molecule has 1 atom stereocenters. The Balaban J connectivity index is 2.11. The van der Waals surface area contributed by atoms with E-state index in [1.54, 1.807) is 34.6 Å². The quantitative estimate of drug-likeness (QED) is 0.166. The predicted octanol–water partition coefficient (Wildman–Crippen LogP) is 5.06. The zero-order valence-corrected chi connectivity index (χ0v) is 29.7. The zero-order chi connectivity index (χ0) is 36.8. The maximum atomic E-state index is 14.7. The summed E-state index contributed by atoms with van der Waals surface area (Å²) in [4.78, 5) is 74.5. The Morgan fingerprint density at radius 1 is 1.10 bits per heavy atom. The lowest BCUT2D eigenvalue weighted by molar-refractivity contribution is -0.149. The molecule has 0 unspecified atom stereocenters. The third-order valence-corrected chi connectivity index (χ3v) is 8.55. The van der Waals surface area contributed by atoms with E-state index in [0.29, 0.717) is 51.8 Å². The number of rotatable bonds is 13. The van der Waals surface area contributed by atoms with E-state index in [9.17, 15) is 33.5 Å². The van der Waals surface area contributed by atoms with E-state index in [-0.39, 0.29) is 42.1 Å². The number of aromatic amines is 1. The van der Waals surface area contributed by atoms with Crippen LogP contribution in [-0.4, -0.2) is 93.7 Å². The third-order valence-electron chi connectivity index (χ3n) is 8.55. The van der Waals surface area contributed by atoms with Crippen molar-refractivity contribution in [2.24, 2.45) is 5.73 Å². The normalized spacial score (nSPS) is 15.0. The molecule has 0 radical (unpaired) electrons. The molecule has 49 heavy (non-hydrogen) atoms. The van der Waals surface area contributed by atoms with Gasteiger partial charge in [-0.2, -0.15) is 0 Å². The fourth-order valence-electron chi connectivity index (χ4n) is 5.78. The Labute approximate surface area is 286 Å². The number of benzene rings is 1. The highest BCUT2D eigenvalue weighted by Gasteiger charge is 2.52. The summed E-state index contributed by atoms with van der Waals surface area (Å²) in [5, 5.41) is 13.3. The summed E-state index contributed by atoms with van der Waals surface area (Å²) in [7, 11) is 0. The number of urea groups is 1. The molecule has 1 aliphatic heterocycles. The van der Waals surface area contributed by atoms with Crippen LogP contribution in [0, 0.1) is 19.7 Å². The SMILES string of the molecule is CCN(CC)CCNC(=O)c1c(C)[nH]c(C=C2C(=O)N(C(=O)N(C(=O)OC(C)(C)C)[C@@](C)(CCCCN)C(=O)O)c3ccc(F)cc32)c1C. The number of nitrogens with zero attached hydrogens (tertiary/aromatic N) is 3. The number of nitrogens with two attached hydrogens (primary N) is 1. The number of carbonyl (C=O) groups is 5. The van der Waals surface area contributed by atoms with Crippen molar-refractivity contribution in [1.82, 2.24) is 20.1 Å². The number of ether oxygens (including phenoxy) is 1. The number of aliphatic carboxylic acids is 1. The van der Waals surface area contributed by atoms with Crippen molar-refractivity contribution < 1.29 is 38.2 Å². The number of carboxylic acids is 1. The van der Waals surface area contributed by atoms with Gasteiger partial charge in [0.1, 0.15) is 17.0 Å². The number of unbranched alkanes of at least 4 members (excludes halogenated alkanes) is 1. The van der Waals surface area contributed by atoms with Crippen LogP contribution in [0.5, 0.6) is 0 Å². The van der Waals surface area contributed by atoms with Gasteiger partial charge < -0.3 is 30.8 Å². The monoisotopic (exact) mass is 684 g/mol. The van der Waals surface area contributed by atoms with Crippen molar-refractivity contribution in [2.75, 3.05) is 37.6 Å². The molecule has 0 spiro atoms. The molecule has 0 bridgehead atoms.